The second-order valence-corrected chi connectivity index (χ2v) is 3.40. The summed E-state index contributed by atoms with van der Waals surface area (Å²) >= 11 is 0. The first-order chi connectivity index (χ1) is 6.27. The molecule has 1 fully saturated rings. The van der Waals surface area contributed by atoms with Crippen LogP contribution < -0.4 is 0 Å². The number of ether oxygens (including phenoxy) is 2. The van der Waals surface area contributed by atoms with E-state index in [0.29, 0.717) is 6.61 Å². The average molecular weight is 182 g/mol. The Morgan fingerprint density at radius 2 is 2.23 bits per heavy atom. The lowest BCUT2D eigenvalue weighted by atomic mass is 9.89. The molecule has 0 bridgehead atoms. The minimum Gasteiger partial charge on any atom is -0.381 e. The van der Waals surface area contributed by atoms with E-state index in [9.17, 15) is 0 Å². The van der Waals surface area contributed by atoms with Gasteiger partial charge in [-0.15, -0.1) is 0 Å². The SMILES string of the molecule is C=C1CC/C(=C\COC)C[C@H]1OC. The zero-order chi connectivity index (χ0) is 9.68. The van der Waals surface area contributed by atoms with Crippen molar-refractivity contribution in [1.29, 1.82) is 0 Å². The van der Waals surface area contributed by atoms with Crippen molar-refractivity contribution in [2.75, 3.05) is 20.8 Å². The van der Waals surface area contributed by atoms with Crippen molar-refractivity contribution in [3.05, 3.63) is 23.8 Å². The minimum atomic E-state index is 0.219. The maximum absolute atomic E-state index is 5.33. The Morgan fingerprint density at radius 3 is 2.85 bits per heavy atom. The van der Waals surface area contributed by atoms with Crippen molar-refractivity contribution in [1.82, 2.24) is 0 Å². The van der Waals surface area contributed by atoms with E-state index in [1.807, 2.05) is 0 Å². The van der Waals surface area contributed by atoms with Gasteiger partial charge < -0.3 is 9.47 Å². The highest BCUT2D eigenvalue weighted by Gasteiger charge is 2.19. The van der Waals surface area contributed by atoms with Crippen molar-refractivity contribution in [3.8, 4) is 0 Å². The second kappa shape index (κ2) is 5.20. The van der Waals surface area contributed by atoms with Gasteiger partial charge in [0, 0.05) is 14.2 Å². The molecule has 0 unspecified atom stereocenters. The summed E-state index contributed by atoms with van der Waals surface area (Å²) in [5, 5.41) is 0. The molecule has 0 amide bonds. The smallest absolute Gasteiger partial charge is 0.0815 e. The van der Waals surface area contributed by atoms with Crippen LogP contribution in [0.25, 0.3) is 0 Å². The van der Waals surface area contributed by atoms with E-state index in [-0.39, 0.29) is 6.10 Å². The molecule has 1 aliphatic carbocycles. The fourth-order valence-electron chi connectivity index (χ4n) is 1.60. The van der Waals surface area contributed by atoms with E-state index < -0.39 is 0 Å². The second-order valence-electron chi connectivity index (χ2n) is 3.40. The average Bonchev–Trinajstić information content (AvgIpc) is 2.16. The Labute approximate surface area is 80.2 Å². The molecular formula is C11H18O2. The van der Waals surface area contributed by atoms with Gasteiger partial charge in [0.05, 0.1) is 12.7 Å². The van der Waals surface area contributed by atoms with Crippen LogP contribution in [0, 0.1) is 0 Å². The molecule has 74 valence electrons. The van der Waals surface area contributed by atoms with Gasteiger partial charge in [0.2, 0.25) is 0 Å². The van der Waals surface area contributed by atoms with Crippen LogP contribution in [0.5, 0.6) is 0 Å². The Balaban J connectivity index is 2.49. The van der Waals surface area contributed by atoms with Gasteiger partial charge in [0.15, 0.2) is 0 Å². The van der Waals surface area contributed by atoms with E-state index in [1.54, 1.807) is 14.2 Å². The number of rotatable bonds is 3. The monoisotopic (exact) mass is 182 g/mol. The number of hydrogen-bond acceptors (Lipinski definition) is 2. The van der Waals surface area contributed by atoms with Crippen LogP contribution in [0.1, 0.15) is 19.3 Å². The van der Waals surface area contributed by atoms with Gasteiger partial charge in [-0.1, -0.05) is 18.2 Å². The van der Waals surface area contributed by atoms with Crippen LogP contribution in [-0.2, 0) is 9.47 Å². The lowest BCUT2D eigenvalue weighted by molar-refractivity contribution is 0.122. The fourth-order valence-corrected chi connectivity index (χ4v) is 1.60. The maximum atomic E-state index is 5.33. The summed E-state index contributed by atoms with van der Waals surface area (Å²) in [6.07, 6.45) is 5.52. The molecule has 1 atom stereocenters. The molecule has 1 rings (SSSR count). The van der Waals surface area contributed by atoms with E-state index in [1.165, 1.54) is 11.1 Å². The van der Waals surface area contributed by atoms with Gasteiger partial charge in [-0.25, -0.2) is 0 Å². The lowest BCUT2D eigenvalue weighted by Crippen LogP contribution is -2.19. The predicted molar refractivity (Wildman–Crippen MR) is 53.7 cm³/mol. The number of hydrogen-bond donors (Lipinski definition) is 0. The highest BCUT2D eigenvalue weighted by molar-refractivity contribution is 5.18. The van der Waals surface area contributed by atoms with E-state index in [0.717, 1.165) is 19.3 Å². The quantitative estimate of drug-likeness (QED) is 0.624. The molecular weight excluding hydrogens is 164 g/mol. The first-order valence-electron chi connectivity index (χ1n) is 4.65. The summed E-state index contributed by atoms with van der Waals surface area (Å²) in [7, 11) is 3.46. The van der Waals surface area contributed by atoms with Crippen molar-refractivity contribution >= 4 is 0 Å². The highest BCUT2D eigenvalue weighted by Crippen LogP contribution is 2.28. The van der Waals surface area contributed by atoms with Crippen LogP contribution in [0.3, 0.4) is 0 Å². The van der Waals surface area contributed by atoms with Crippen LogP contribution in [0.4, 0.5) is 0 Å². The molecule has 2 heteroatoms. The molecule has 2 nitrogen and oxygen atoms in total. The van der Waals surface area contributed by atoms with Crippen molar-refractivity contribution in [3.63, 3.8) is 0 Å². The van der Waals surface area contributed by atoms with E-state index in [4.69, 9.17) is 9.47 Å². The fraction of sp³-hybridized carbons (Fsp3) is 0.636. The van der Waals surface area contributed by atoms with Gasteiger partial charge in [-0.05, 0) is 24.8 Å². The van der Waals surface area contributed by atoms with Crippen LogP contribution >= 0.6 is 0 Å². The molecule has 13 heavy (non-hydrogen) atoms. The van der Waals surface area contributed by atoms with Crippen molar-refractivity contribution in [2.45, 2.75) is 25.4 Å². The molecule has 0 radical (unpaired) electrons. The summed E-state index contributed by atoms with van der Waals surface area (Å²) in [6.45, 7) is 4.70. The molecule has 0 N–H and O–H groups in total. The van der Waals surface area contributed by atoms with Gasteiger partial charge in [0.1, 0.15) is 0 Å². The minimum absolute atomic E-state index is 0.219. The maximum Gasteiger partial charge on any atom is 0.0815 e. The molecule has 0 heterocycles. The van der Waals surface area contributed by atoms with Crippen molar-refractivity contribution < 1.29 is 9.47 Å². The summed E-state index contributed by atoms with van der Waals surface area (Å²) in [5.41, 5.74) is 2.65. The Morgan fingerprint density at radius 1 is 1.46 bits per heavy atom. The first-order valence-corrected chi connectivity index (χ1v) is 4.65. The standard InChI is InChI=1S/C11H18O2/c1-9-4-5-10(6-7-12-2)8-11(9)13-3/h6,11H,1,4-5,7-8H2,2-3H3/b10-6+/t11-/m1/s1. The van der Waals surface area contributed by atoms with Crippen molar-refractivity contribution in [2.24, 2.45) is 0 Å². The topological polar surface area (TPSA) is 18.5 Å². The Kier molecular flexibility index (Phi) is 4.19. The first kappa shape index (κ1) is 10.5. The van der Waals surface area contributed by atoms with Gasteiger partial charge in [0.25, 0.3) is 0 Å². The predicted octanol–water partition coefficient (Wildman–Crippen LogP) is 2.31. The molecule has 0 aromatic carbocycles. The highest BCUT2D eigenvalue weighted by atomic mass is 16.5. The molecule has 0 saturated heterocycles. The third-order valence-electron chi connectivity index (χ3n) is 2.49. The summed E-state index contributed by atoms with van der Waals surface area (Å²) in [4.78, 5) is 0. The zero-order valence-corrected chi connectivity index (χ0v) is 8.51. The molecule has 1 saturated carbocycles. The van der Waals surface area contributed by atoms with Crippen LogP contribution in [0.2, 0.25) is 0 Å². The van der Waals surface area contributed by atoms with E-state index in [2.05, 4.69) is 12.7 Å². The summed E-state index contributed by atoms with van der Waals surface area (Å²) in [5.74, 6) is 0. The third kappa shape index (κ3) is 2.98. The molecule has 0 spiro atoms. The van der Waals surface area contributed by atoms with Crippen LogP contribution in [0.15, 0.2) is 23.8 Å². The van der Waals surface area contributed by atoms with Gasteiger partial charge in [-0.2, -0.15) is 0 Å². The number of methoxy groups -OCH3 is 2. The Bertz CT molecular complexity index is 206. The summed E-state index contributed by atoms with van der Waals surface area (Å²) < 4.78 is 10.3. The Hall–Kier alpha value is -0.600. The lowest BCUT2D eigenvalue weighted by Gasteiger charge is -2.25. The van der Waals surface area contributed by atoms with Gasteiger partial charge in [-0.3, -0.25) is 0 Å². The molecule has 0 aromatic rings. The van der Waals surface area contributed by atoms with E-state index >= 15 is 0 Å². The third-order valence-corrected chi connectivity index (χ3v) is 2.49. The summed E-state index contributed by atoms with van der Waals surface area (Å²) in [6, 6.07) is 0. The molecule has 0 aromatic heterocycles. The molecule has 1 aliphatic rings. The normalized spacial score (nSPS) is 26.8. The molecule has 0 aliphatic heterocycles. The van der Waals surface area contributed by atoms with Gasteiger partial charge >= 0.3 is 0 Å². The largest absolute Gasteiger partial charge is 0.381 e. The van der Waals surface area contributed by atoms with Crippen LogP contribution in [-0.4, -0.2) is 26.9 Å². The zero-order valence-electron chi connectivity index (χ0n) is 8.51.